The van der Waals surface area contributed by atoms with Crippen molar-refractivity contribution in [1.82, 2.24) is 5.32 Å². The number of nitrogens with one attached hydrogen (secondary N) is 1. The summed E-state index contributed by atoms with van der Waals surface area (Å²) in [7, 11) is 1.27. The summed E-state index contributed by atoms with van der Waals surface area (Å²) in [4.78, 5) is 22.9. The number of hydrogen-bond donors (Lipinski definition) is 2. The monoisotopic (exact) mass is 246 g/mol. The molecule has 0 bridgehead atoms. The summed E-state index contributed by atoms with van der Waals surface area (Å²) >= 11 is 0. The summed E-state index contributed by atoms with van der Waals surface area (Å²) in [6.45, 7) is 5.70. The highest BCUT2D eigenvalue weighted by Crippen LogP contribution is 2.08. The Morgan fingerprint density at radius 2 is 1.94 bits per heavy atom. The number of ether oxygens (including phenoxy) is 2. The summed E-state index contributed by atoms with van der Waals surface area (Å²) < 4.78 is 9.64. The number of carbonyl (C=O) groups excluding carboxylic acids is 2. The fourth-order valence-corrected chi connectivity index (χ4v) is 1.16. The van der Waals surface area contributed by atoms with Gasteiger partial charge in [-0.15, -0.1) is 0 Å². The van der Waals surface area contributed by atoms with Crippen LogP contribution in [0.15, 0.2) is 0 Å². The molecule has 3 N–H and O–H groups in total. The minimum atomic E-state index is -0.710. The molecule has 6 nitrogen and oxygen atoms in total. The lowest BCUT2D eigenvalue weighted by Crippen LogP contribution is -2.44. The Morgan fingerprint density at radius 3 is 2.35 bits per heavy atom. The molecule has 6 heteroatoms. The van der Waals surface area contributed by atoms with E-state index in [1.165, 1.54) is 7.11 Å². The first-order valence-corrected chi connectivity index (χ1v) is 5.57. The van der Waals surface area contributed by atoms with E-state index >= 15 is 0 Å². The predicted molar refractivity (Wildman–Crippen MR) is 63.5 cm³/mol. The molecular weight excluding hydrogens is 224 g/mol. The lowest BCUT2D eigenvalue weighted by molar-refractivity contribution is -0.143. The third-order valence-corrected chi connectivity index (χ3v) is 1.87. The van der Waals surface area contributed by atoms with Crippen LogP contribution in [0, 0.1) is 0 Å². The zero-order valence-electron chi connectivity index (χ0n) is 10.9. The van der Waals surface area contributed by atoms with Crippen molar-refractivity contribution in [3.05, 3.63) is 0 Å². The molecule has 0 fully saturated rings. The van der Waals surface area contributed by atoms with Gasteiger partial charge in [-0.3, -0.25) is 0 Å². The van der Waals surface area contributed by atoms with Gasteiger partial charge in [0, 0.05) is 0 Å². The van der Waals surface area contributed by atoms with Gasteiger partial charge in [0.1, 0.15) is 11.6 Å². The van der Waals surface area contributed by atoms with E-state index < -0.39 is 23.7 Å². The van der Waals surface area contributed by atoms with Gasteiger partial charge in [0.2, 0.25) is 0 Å². The zero-order chi connectivity index (χ0) is 13.5. The van der Waals surface area contributed by atoms with E-state index in [1.807, 2.05) is 0 Å². The third kappa shape index (κ3) is 7.57. The van der Waals surface area contributed by atoms with Gasteiger partial charge in [-0.2, -0.15) is 0 Å². The quantitative estimate of drug-likeness (QED) is 0.700. The van der Waals surface area contributed by atoms with Crippen molar-refractivity contribution < 1.29 is 19.1 Å². The second-order valence-electron chi connectivity index (χ2n) is 4.65. The summed E-state index contributed by atoms with van der Waals surface area (Å²) in [5.41, 5.74) is 4.76. The molecule has 1 atom stereocenters. The van der Waals surface area contributed by atoms with Crippen molar-refractivity contribution in [1.29, 1.82) is 0 Å². The van der Waals surface area contributed by atoms with Crippen molar-refractivity contribution in [2.24, 2.45) is 5.73 Å². The number of hydrogen-bond acceptors (Lipinski definition) is 5. The van der Waals surface area contributed by atoms with Crippen LogP contribution in [0.4, 0.5) is 4.79 Å². The lowest BCUT2D eigenvalue weighted by atomic mass is 10.1. The molecule has 0 aliphatic carbocycles. The second kappa shape index (κ2) is 7.11. The van der Waals surface area contributed by atoms with E-state index in [0.717, 1.165) is 0 Å². The Kier molecular flexibility index (Phi) is 6.57. The number of alkyl carbamates (subject to hydrolysis) is 1. The smallest absolute Gasteiger partial charge is 0.408 e. The molecule has 100 valence electrons. The maximum Gasteiger partial charge on any atom is 0.408 e. The van der Waals surface area contributed by atoms with Gasteiger partial charge in [0.15, 0.2) is 0 Å². The van der Waals surface area contributed by atoms with Crippen molar-refractivity contribution in [3.63, 3.8) is 0 Å². The predicted octanol–water partition coefficient (Wildman–Crippen LogP) is 0.792. The Labute approximate surface area is 102 Å². The minimum Gasteiger partial charge on any atom is -0.467 e. The topological polar surface area (TPSA) is 90.6 Å². The van der Waals surface area contributed by atoms with Gasteiger partial charge >= 0.3 is 12.1 Å². The first-order chi connectivity index (χ1) is 7.80. The van der Waals surface area contributed by atoms with Crippen molar-refractivity contribution in [3.8, 4) is 0 Å². The number of rotatable bonds is 5. The zero-order valence-corrected chi connectivity index (χ0v) is 10.9. The highest BCUT2D eigenvalue weighted by Gasteiger charge is 2.24. The molecule has 0 aliphatic rings. The number of amides is 1. The number of nitrogens with two attached hydrogens (primary N) is 1. The van der Waals surface area contributed by atoms with Crippen molar-refractivity contribution in [2.45, 2.75) is 45.3 Å². The van der Waals surface area contributed by atoms with Crippen LogP contribution in [0.1, 0.15) is 33.6 Å². The van der Waals surface area contributed by atoms with Gasteiger partial charge in [0.05, 0.1) is 7.11 Å². The van der Waals surface area contributed by atoms with E-state index in [-0.39, 0.29) is 0 Å². The van der Waals surface area contributed by atoms with E-state index in [2.05, 4.69) is 10.1 Å². The summed E-state index contributed by atoms with van der Waals surface area (Å²) in [6, 6.07) is -0.710. The van der Waals surface area contributed by atoms with Gasteiger partial charge < -0.3 is 20.5 Å². The Bertz CT molecular complexity index is 261. The molecule has 0 rings (SSSR count). The van der Waals surface area contributed by atoms with E-state index in [4.69, 9.17) is 10.5 Å². The Morgan fingerprint density at radius 1 is 1.35 bits per heavy atom. The largest absolute Gasteiger partial charge is 0.467 e. The SMILES string of the molecule is COC(=O)[C@H](CCCN)NC(=O)OC(C)(C)C. The summed E-state index contributed by atoms with van der Waals surface area (Å²) in [6.07, 6.45) is 0.419. The first-order valence-electron chi connectivity index (χ1n) is 5.57. The van der Waals surface area contributed by atoms with Crippen LogP contribution >= 0.6 is 0 Å². The Hall–Kier alpha value is -1.30. The van der Waals surface area contributed by atoms with E-state index in [0.29, 0.717) is 19.4 Å². The van der Waals surface area contributed by atoms with Crippen molar-refractivity contribution >= 4 is 12.1 Å². The molecule has 0 heterocycles. The van der Waals surface area contributed by atoms with Crippen LogP contribution in [-0.2, 0) is 14.3 Å². The molecule has 0 saturated carbocycles. The highest BCUT2D eigenvalue weighted by atomic mass is 16.6. The number of esters is 1. The maximum absolute atomic E-state index is 11.5. The normalized spacial score (nSPS) is 12.8. The van der Waals surface area contributed by atoms with E-state index in [1.54, 1.807) is 20.8 Å². The van der Waals surface area contributed by atoms with Crippen LogP contribution in [0.5, 0.6) is 0 Å². The summed E-state index contributed by atoms with van der Waals surface area (Å²) in [5.74, 6) is -0.496. The van der Waals surface area contributed by atoms with Gasteiger partial charge in [-0.25, -0.2) is 9.59 Å². The van der Waals surface area contributed by atoms with Gasteiger partial charge in [0.25, 0.3) is 0 Å². The van der Waals surface area contributed by atoms with E-state index in [9.17, 15) is 9.59 Å². The fraction of sp³-hybridized carbons (Fsp3) is 0.818. The molecular formula is C11H22N2O4. The van der Waals surface area contributed by atoms with Crippen molar-refractivity contribution in [2.75, 3.05) is 13.7 Å². The molecule has 0 aliphatic heterocycles. The second-order valence-corrected chi connectivity index (χ2v) is 4.65. The number of carbonyl (C=O) groups is 2. The molecule has 0 radical (unpaired) electrons. The highest BCUT2D eigenvalue weighted by molar-refractivity contribution is 5.81. The summed E-state index contributed by atoms with van der Waals surface area (Å²) in [5, 5.41) is 2.47. The van der Waals surface area contributed by atoms with Crippen LogP contribution in [0.3, 0.4) is 0 Å². The third-order valence-electron chi connectivity index (χ3n) is 1.87. The maximum atomic E-state index is 11.5. The standard InChI is InChI=1S/C11H22N2O4/c1-11(2,3)17-10(15)13-8(6-5-7-12)9(14)16-4/h8H,5-7,12H2,1-4H3,(H,13,15)/t8-/m0/s1. The lowest BCUT2D eigenvalue weighted by Gasteiger charge is -2.22. The molecule has 0 aromatic heterocycles. The van der Waals surface area contributed by atoms with Crippen LogP contribution in [0.2, 0.25) is 0 Å². The molecule has 0 saturated heterocycles. The van der Waals surface area contributed by atoms with Gasteiger partial charge in [-0.1, -0.05) is 0 Å². The van der Waals surface area contributed by atoms with Crippen LogP contribution in [0.25, 0.3) is 0 Å². The molecule has 0 aromatic carbocycles. The number of methoxy groups -OCH3 is 1. The van der Waals surface area contributed by atoms with Gasteiger partial charge in [-0.05, 0) is 40.2 Å². The fourth-order valence-electron chi connectivity index (χ4n) is 1.16. The first kappa shape index (κ1) is 15.7. The molecule has 17 heavy (non-hydrogen) atoms. The average Bonchev–Trinajstić information content (AvgIpc) is 2.20. The average molecular weight is 246 g/mol. The molecule has 0 aromatic rings. The Balaban J connectivity index is 4.32. The molecule has 0 unspecified atom stereocenters. The molecule has 1 amide bonds. The van der Waals surface area contributed by atoms with Crippen LogP contribution in [-0.4, -0.2) is 37.4 Å². The minimum absolute atomic E-state index is 0.433. The van der Waals surface area contributed by atoms with Crippen LogP contribution < -0.4 is 11.1 Å². The molecule has 0 spiro atoms.